The molecule has 0 bridgehead atoms. The lowest BCUT2D eigenvalue weighted by atomic mass is 10.00. The van der Waals surface area contributed by atoms with Crippen molar-refractivity contribution in [3.05, 3.63) is 53.3 Å². The van der Waals surface area contributed by atoms with E-state index in [0.29, 0.717) is 16.7 Å². The molecule has 1 nitrogen and oxygen atoms in total. The minimum atomic E-state index is -4.44. The Kier molecular flexibility index (Phi) is 3.22. The van der Waals surface area contributed by atoms with Crippen LogP contribution in [0.2, 0.25) is 0 Å². The van der Waals surface area contributed by atoms with Crippen LogP contribution in [-0.2, 0) is 6.18 Å². The molecule has 2 N–H and O–H groups in total. The zero-order valence-electron chi connectivity index (χ0n) is 10.1. The van der Waals surface area contributed by atoms with Crippen LogP contribution in [0.5, 0.6) is 0 Å². The summed E-state index contributed by atoms with van der Waals surface area (Å²) in [5.74, 6) is -0.450. The second-order valence-corrected chi connectivity index (χ2v) is 4.32. The number of alkyl halides is 3. The molecule has 0 fully saturated rings. The maximum atomic E-state index is 13.3. The number of hydrogen-bond acceptors (Lipinski definition) is 1. The van der Waals surface area contributed by atoms with E-state index in [1.54, 1.807) is 13.0 Å². The number of hydrogen-bond donors (Lipinski definition) is 1. The molecular formula is C14H11F4N. The van der Waals surface area contributed by atoms with Crippen LogP contribution in [0.15, 0.2) is 36.4 Å². The third-order valence-electron chi connectivity index (χ3n) is 2.73. The summed E-state index contributed by atoms with van der Waals surface area (Å²) in [6, 6.07) is 7.30. The number of halogens is 4. The van der Waals surface area contributed by atoms with Gasteiger partial charge in [0, 0.05) is 11.3 Å². The summed E-state index contributed by atoms with van der Waals surface area (Å²) in [4.78, 5) is 0. The van der Waals surface area contributed by atoms with Gasteiger partial charge in [-0.05, 0) is 42.3 Å². The van der Waals surface area contributed by atoms with Crippen LogP contribution in [0.3, 0.4) is 0 Å². The molecule has 0 aliphatic rings. The molecule has 0 spiro atoms. The summed E-state index contributed by atoms with van der Waals surface area (Å²) in [5, 5.41) is 0. The van der Waals surface area contributed by atoms with Crippen LogP contribution in [0.4, 0.5) is 23.2 Å². The van der Waals surface area contributed by atoms with Crippen molar-refractivity contribution in [1.82, 2.24) is 0 Å². The van der Waals surface area contributed by atoms with Gasteiger partial charge in [0.15, 0.2) is 0 Å². The molecule has 5 heteroatoms. The molecule has 0 saturated carbocycles. The smallest absolute Gasteiger partial charge is 0.398 e. The summed E-state index contributed by atoms with van der Waals surface area (Å²) < 4.78 is 50.8. The third-order valence-corrected chi connectivity index (χ3v) is 2.73. The van der Waals surface area contributed by atoms with Crippen molar-refractivity contribution in [2.75, 3.05) is 5.73 Å². The van der Waals surface area contributed by atoms with E-state index in [4.69, 9.17) is 5.73 Å². The van der Waals surface area contributed by atoms with Crippen LogP contribution < -0.4 is 5.73 Å². The van der Waals surface area contributed by atoms with E-state index in [1.165, 1.54) is 18.2 Å². The normalized spacial score (nSPS) is 11.6. The van der Waals surface area contributed by atoms with Crippen LogP contribution in [0.25, 0.3) is 11.1 Å². The Morgan fingerprint density at radius 3 is 2.21 bits per heavy atom. The molecule has 0 unspecified atom stereocenters. The summed E-state index contributed by atoms with van der Waals surface area (Å²) in [5.41, 5.74) is 6.30. The molecule has 0 atom stereocenters. The van der Waals surface area contributed by atoms with Gasteiger partial charge in [0.25, 0.3) is 0 Å². The molecular weight excluding hydrogens is 258 g/mol. The number of aryl methyl sites for hydroxylation is 1. The van der Waals surface area contributed by atoms with Gasteiger partial charge in [-0.15, -0.1) is 0 Å². The predicted octanol–water partition coefficient (Wildman–Crippen LogP) is 4.40. The van der Waals surface area contributed by atoms with Crippen molar-refractivity contribution in [2.45, 2.75) is 13.1 Å². The summed E-state index contributed by atoms with van der Waals surface area (Å²) in [7, 11) is 0. The first-order chi connectivity index (χ1) is 8.77. The van der Waals surface area contributed by atoms with Crippen molar-refractivity contribution >= 4 is 5.69 Å². The molecule has 0 radical (unpaired) electrons. The van der Waals surface area contributed by atoms with Gasteiger partial charge in [0.2, 0.25) is 0 Å². The molecule has 2 aromatic carbocycles. The van der Waals surface area contributed by atoms with Gasteiger partial charge in [-0.1, -0.05) is 12.1 Å². The molecule has 0 amide bonds. The first-order valence-corrected chi connectivity index (χ1v) is 5.51. The fourth-order valence-electron chi connectivity index (χ4n) is 1.89. The van der Waals surface area contributed by atoms with E-state index in [1.807, 2.05) is 0 Å². The van der Waals surface area contributed by atoms with E-state index in [-0.39, 0.29) is 5.69 Å². The second-order valence-electron chi connectivity index (χ2n) is 4.32. The Morgan fingerprint density at radius 1 is 1.00 bits per heavy atom. The highest BCUT2D eigenvalue weighted by Crippen LogP contribution is 2.34. The number of benzene rings is 2. The molecule has 0 saturated heterocycles. The fourth-order valence-corrected chi connectivity index (χ4v) is 1.89. The van der Waals surface area contributed by atoms with E-state index in [0.717, 1.165) is 12.1 Å². The van der Waals surface area contributed by atoms with Gasteiger partial charge in [0.05, 0.1) is 5.56 Å². The van der Waals surface area contributed by atoms with Crippen molar-refractivity contribution in [3.8, 4) is 11.1 Å². The number of rotatable bonds is 1. The maximum Gasteiger partial charge on any atom is 0.416 e. The molecule has 2 aromatic rings. The number of anilines is 1. The minimum Gasteiger partial charge on any atom is -0.398 e. The average molecular weight is 269 g/mol. The van der Waals surface area contributed by atoms with Gasteiger partial charge < -0.3 is 5.73 Å². The van der Waals surface area contributed by atoms with Gasteiger partial charge in [-0.25, -0.2) is 4.39 Å². The fraction of sp³-hybridized carbons (Fsp3) is 0.143. The average Bonchev–Trinajstić information content (AvgIpc) is 2.26. The quantitative estimate of drug-likeness (QED) is 0.602. The molecule has 0 aromatic heterocycles. The lowest BCUT2D eigenvalue weighted by Gasteiger charge is -2.11. The van der Waals surface area contributed by atoms with E-state index < -0.39 is 17.6 Å². The Hall–Kier alpha value is -2.04. The van der Waals surface area contributed by atoms with Gasteiger partial charge in [0.1, 0.15) is 5.82 Å². The molecule has 0 heterocycles. The summed E-state index contributed by atoms with van der Waals surface area (Å²) in [6.45, 7) is 1.70. The van der Waals surface area contributed by atoms with Crippen molar-refractivity contribution in [2.24, 2.45) is 0 Å². The lowest BCUT2D eigenvalue weighted by molar-refractivity contribution is -0.137. The van der Waals surface area contributed by atoms with Crippen LogP contribution in [0, 0.1) is 12.7 Å². The van der Waals surface area contributed by atoms with Crippen molar-refractivity contribution < 1.29 is 17.6 Å². The van der Waals surface area contributed by atoms with Gasteiger partial charge in [-0.2, -0.15) is 13.2 Å². The van der Waals surface area contributed by atoms with Crippen LogP contribution in [0.1, 0.15) is 11.1 Å². The molecule has 0 aliphatic carbocycles. The monoisotopic (exact) mass is 269 g/mol. The Morgan fingerprint density at radius 2 is 1.68 bits per heavy atom. The Bertz CT molecular complexity index is 597. The van der Waals surface area contributed by atoms with Crippen molar-refractivity contribution in [1.29, 1.82) is 0 Å². The lowest BCUT2D eigenvalue weighted by Crippen LogP contribution is -2.06. The first kappa shape index (κ1) is 13.4. The largest absolute Gasteiger partial charge is 0.416 e. The Labute approximate surface area is 107 Å². The minimum absolute atomic E-state index is 0.0279. The summed E-state index contributed by atoms with van der Waals surface area (Å²) in [6.07, 6.45) is -4.44. The maximum absolute atomic E-state index is 13.3. The van der Waals surface area contributed by atoms with E-state index in [9.17, 15) is 17.6 Å². The van der Waals surface area contributed by atoms with Gasteiger partial charge >= 0.3 is 6.18 Å². The highest BCUT2D eigenvalue weighted by Gasteiger charge is 2.30. The van der Waals surface area contributed by atoms with Gasteiger partial charge in [-0.3, -0.25) is 0 Å². The number of nitrogens with two attached hydrogens (primary N) is 1. The van der Waals surface area contributed by atoms with E-state index >= 15 is 0 Å². The Balaban J connectivity index is 2.52. The van der Waals surface area contributed by atoms with Crippen LogP contribution in [-0.4, -0.2) is 0 Å². The molecule has 2 rings (SSSR count). The predicted molar refractivity (Wildman–Crippen MR) is 66.0 cm³/mol. The molecule has 0 aliphatic heterocycles. The standard InChI is InChI=1S/C14H11F4N/c1-8-4-9(6-11(15)5-8)12-3-2-10(7-13(12)19)14(16,17)18/h2-7H,19H2,1H3. The topological polar surface area (TPSA) is 26.0 Å². The SMILES string of the molecule is Cc1cc(F)cc(-c2ccc(C(F)(F)F)cc2N)c1. The van der Waals surface area contributed by atoms with Crippen molar-refractivity contribution in [3.63, 3.8) is 0 Å². The highest BCUT2D eigenvalue weighted by molar-refractivity contribution is 5.77. The van der Waals surface area contributed by atoms with Crippen LogP contribution >= 0.6 is 0 Å². The third kappa shape index (κ3) is 2.86. The second kappa shape index (κ2) is 4.57. The summed E-state index contributed by atoms with van der Waals surface area (Å²) >= 11 is 0. The zero-order chi connectivity index (χ0) is 14.2. The first-order valence-electron chi connectivity index (χ1n) is 5.51. The highest BCUT2D eigenvalue weighted by atomic mass is 19.4. The number of nitrogen functional groups attached to an aromatic ring is 1. The molecule has 100 valence electrons. The van der Waals surface area contributed by atoms with E-state index in [2.05, 4.69) is 0 Å². The molecule has 19 heavy (non-hydrogen) atoms. The zero-order valence-corrected chi connectivity index (χ0v) is 10.1.